The third-order valence-electron chi connectivity index (χ3n) is 4.34. The molecule has 0 bridgehead atoms. The number of carbonyl (C=O) groups is 1. The van der Waals surface area contributed by atoms with Crippen LogP contribution in [0.1, 0.15) is 23.7 Å². The van der Waals surface area contributed by atoms with Crippen molar-refractivity contribution in [3.05, 3.63) is 59.9 Å². The second-order valence-corrected chi connectivity index (χ2v) is 5.74. The molecule has 1 saturated heterocycles. The molecule has 0 atom stereocenters. The van der Waals surface area contributed by atoms with Crippen molar-refractivity contribution in [3.63, 3.8) is 0 Å². The van der Waals surface area contributed by atoms with E-state index in [0.717, 1.165) is 43.1 Å². The molecule has 0 unspecified atom stereocenters. The van der Waals surface area contributed by atoms with Gasteiger partial charge < -0.3 is 9.80 Å². The van der Waals surface area contributed by atoms with Crippen LogP contribution in [0, 0.1) is 5.82 Å². The predicted molar refractivity (Wildman–Crippen MR) is 91.9 cm³/mol. The number of hydrogen-bond acceptors (Lipinski definition) is 3. The van der Waals surface area contributed by atoms with Gasteiger partial charge >= 0.3 is 0 Å². The lowest BCUT2D eigenvalue weighted by atomic mass is 10.0. The molecule has 3 rings (SSSR count). The molecule has 1 aliphatic heterocycles. The molecular weight excluding hydrogens is 291 g/mol. The van der Waals surface area contributed by atoms with Crippen LogP contribution in [0.5, 0.6) is 0 Å². The van der Waals surface area contributed by atoms with E-state index in [0.29, 0.717) is 6.42 Å². The zero-order chi connectivity index (χ0) is 16.2. The highest BCUT2D eigenvalue weighted by molar-refractivity contribution is 6.01. The highest BCUT2D eigenvalue weighted by Gasteiger charge is 2.20. The third kappa shape index (κ3) is 3.36. The molecule has 3 nitrogen and oxygen atoms in total. The van der Waals surface area contributed by atoms with E-state index in [9.17, 15) is 9.18 Å². The molecule has 0 aromatic heterocycles. The van der Waals surface area contributed by atoms with Gasteiger partial charge in [0, 0.05) is 49.5 Å². The Morgan fingerprint density at radius 3 is 2.22 bits per heavy atom. The molecular formula is C19H21FN2O. The summed E-state index contributed by atoms with van der Waals surface area (Å²) in [6.45, 7) is 5.32. The van der Waals surface area contributed by atoms with E-state index in [-0.39, 0.29) is 11.6 Å². The number of nitrogens with zero attached hydrogens (tertiary/aromatic N) is 2. The Morgan fingerprint density at radius 1 is 0.957 bits per heavy atom. The zero-order valence-corrected chi connectivity index (χ0v) is 13.3. The minimum Gasteiger partial charge on any atom is -0.368 e. The normalized spacial score (nSPS) is 14.9. The second kappa shape index (κ2) is 6.82. The Balaban J connectivity index is 1.72. The number of para-hydroxylation sites is 1. The molecule has 4 heteroatoms. The highest BCUT2D eigenvalue weighted by Crippen LogP contribution is 2.25. The summed E-state index contributed by atoms with van der Waals surface area (Å²) in [5.74, 6) is -0.0269. The van der Waals surface area contributed by atoms with Gasteiger partial charge in [0.2, 0.25) is 0 Å². The van der Waals surface area contributed by atoms with E-state index < -0.39 is 0 Å². The number of carbonyl (C=O) groups excluding carboxylic acids is 1. The predicted octanol–water partition coefficient (Wildman–Crippen LogP) is 3.75. The molecule has 2 aromatic carbocycles. The Kier molecular flexibility index (Phi) is 4.60. The van der Waals surface area contributed by atoms with Gasteiger partial charge in [-0.1, -0.05) is 19.1 Å². The monoisotopic (exact) mass is 312 g/mol. The number of benzene rings is 2. The van der Waals surface area contributed by atoms with Crippen LogP contribution >= 0.6 is 0 Å². The molecule has 1 heterocycles. The zero-order valence-electron chi connectivity index (χ0n) is 13.3. The fourth-order valence-electron chi connectivity index (χ4n) is 3.03. The average molecular weight is 312 g/mol. The number of rotatable bonds is 4. The molecule has 23 heavy (non-hydrogen) atoms. The van der Waals surface area contributed by atoms with Gasteiger partial charge in [0.25, 0.3) is 0 Å². The highest BCUT2D eigenvalue weighted by atomic mass is 19.1. The van der Waals surface area contributed by atoms with Gasteiger partial charge in [-0.05, 0) is 36.4 Å². The Morgan fingerprint density at radius 2 is 1.57 bits per heavy atom. The number of hydrogen-bond donors (Lipinski definition) is 0. The van der Waals surface area contributed by atoms with Crippen LogP contribution in [0.15, 0.2) is 48.5 Å². The van der Waals surface area contributed by atoms with Crippen LogP contribution in [0.3, 0.4) is 0 Å². The topological polar surface area (TPSA) is 23.6 Å². The molecule has 0 radical (unpaired) electrons. The number of ketones is 1. The van der Waals surface area contributed by atoms with E-state index in [1.54, 1.807) is 0 Å². The first kappa shape index (κ1) is 15.5. The molecule has 0 spiro atoms. The quantitative estimate of drug-likeness (QED) is 0.804. The molecule has 0 aliphatic carbocycles. The Labute approximate surface area is 136 Å². The maximum Gasteiger partial charge on any atom is 0.164 e. The van der Waals surface area contributed by atoms with Crippen molar-refractivity contribution in [1.29, 1.82) is 0 Å². The lowest BCUT2D eigenvalue weighted by molar-refractivity contribution is 0.0988. The lowest BCUT2D eigenvalue weighted by Gasteiger charge is -2.38. The molecule has 1 fully saturated rings. The van der Waals surface area contributed by atoms with E-state index in [2.05, 4.69) is 9.80 Å². The number of anilines is 2. The van der Waals surface area contributed by atoms with Crippen LogP contribution in [0.2, 0.25) is 0 Å². The average Bonchev–Trinajstić information content (AvgIpc) is 2.62. The number of Topliss-reactive ketones (excluding diaryl/α,β-unsaturated/α-hetero) is 1. The van der Waals surface area contributed by atoms with E-state index in [1.165, 1.54) is 12.1 Å². The van der Waals surface area contributed by atoms with Gasteiger partial charge in [-0.25, -0.2) is 4.39 Å². The van der Waals surface area contributed by atoms with Crippen molar-refractivity contribution in [2.75, 3.05) is 36.0 Å². The summed E-state index contributed by atoms with van der Waals surface area (Å²) in [4.78, 5) is 16.6. The summed E-state index contributed by atoms with van der Waals surface area (Å²) in [5, 5.41) is 0. The largest absolute Gasteiger partial charge is 0.368 e. The van der Waals surface area contributed by atoms with Crippen molar-refractivity contribution >= 4 is 17.2 Å². The molecule has 0 saturated carbocycles. The van der Waals surface area contributed by atoms with Gasteiger partial charge in [0.1, 0.15) is 5.82 Å². The first-order valence-corrected chi connectivity index (χ1v) is 8.06. The fourth-order valence-corrected chi connectivity index (χ4v) is 3.03. The summed E-state index contributed by atoms with van der Waals surface area (Å²) >= 11 is 0. The summed E-state index contributed by atoms with van der Waals surface area (Å²) in [6.07, 6.45) is 0.520. The lowest BCUT2D eigenvalue weighted by Crippen LogP contribution is -2.47. The Bertz CT molecular complexity index is 676. The van der Waals surface area contributed by atoms with Crippen molar-refractivity contribution in [1.82, 2.24) is 0 Å². The standard InChI is InChI=1S/C19H21FN2O/c1-2-19(23)17-5-3-4-6-18(17)22-13-11-21(12-14-22)16-9-7-15(20)8-10-16/h3-10H,2,11-14H2,1H3. The van der Waals surface area contributed by atoms with E-state index >= 15 is 0 Å². The second-order valence-electron chi connectivity index (χ2n) is 5.74. The van der Waals surface area contributed by atoms with Gasteiger partial charge in [-0.15, -0.1) is 0 Å². The van der Waals surface area contributed by atoms with Crippen molar-refractivity contribution in [2.45, 2.75) is 13.3 Å². The maximum atomic E-state index is 13.0. The maximum absolute atomic E-state index is 13.0. The van der Waals surface area contributed by atoms with Crippen LogP contribution in [0.25, 0.3) is 0 Å². The Hall–Kier alpha value is -2.36. The van der Waals surface area contributed by atoms with Crippen LogP contribution < -0.4 is 9.80 Å². The molecule has 0 N–H and O–H groups in total. The van der Waals surface area contributed by atoms with Crippen molar-refractivity contribution in [3.8, 4) is 0 Å². The molecule has 1 aliphatic rings. The van der Waals surface area contributed by atoms with Crippen LogP contribution in [-0.4, -0.2) is 32.0 Å². The fraction of sp³-hybridized carbons (Fsp3) is 0.316. The SMILES string of the molecule is CCC(=O)c1ccccc1N1CCN(c2ccc(F)cc2)CC1. The summed E-state index contributed by atoms with van der Waals surface area (Å²) in [7, 11) is 0. The van der Waals surface area contributed by atoms with Gasteiger partial charge in [-0.2, -0.15) is 0 Å². The minimum atomic E-state index is -0.209. The summed E-state index contributed by atoms with van der Waals surface area (Å²) < 4.78 is 13.0. The molecule has 2 aromatic rings. The molecule has 0 amide bonds. The van der Waals surface area contributed by atoms with Gasteiger partial charge in [-0.3, -0.25) is 4.79 Å². The number of piperazine rings is 1. The first-order valence-electron chi connectivity index (χ1n) is 8.06. The van der Waals surface area contributed by atoms with E-state index in [4.69, 9.17) is 0 Å². The van der Waals surface area contributed by atoms with Crippen molar-refractivity contribution in [2.24, 2.45) is 0 Å². The van der Waals surface area contributed by atoms with E-state index in [1.807, 2.05) is 43.3 Å². The van der Waals surface area contributed by atoms with Gasteiger partial charge in [0.15, 0.2) is 5.78 Å². The first-order chi connectivity index (χ1) is 11.2. The summed E-state index contributed by atoms with van der Waals surface area (Å²) in [6, 6.07) is 14.5. The summed E-state index contributed by atoms with van der Waals surface area (Å²) in [5.41, 5.74) is 2.88. The smallest absolute Gasteiger partial charge is 0.164 e. The molecule has 120 valence electrons. The van der Waals surface area contributed by atoms with Gasteiger partial charge in [0.05, 0.1) is 0 Å². The number of halogens is 1. The van der Waals surface area contributed by atoms with Crippen LogP contribution in [0.4, 0.5) is 15.8 Å². The minimum absolute atomic E-state index is 0.182. The van der Waals surface area contributed by atoms with Crippen molar-refractivity contribution < 1.29 is 9.18 Å². The van der Waals surface area contributed by atoms with Crippen LogP contribution in [-0.2, 0) is 0 Å². The third-order valence-corrected chi connectivity index (χ3v) is 4.34.